The second kappa shape index (κ2) is 8.66. The third-order valence-electron chi connectivity index (χ3n) is 6.07. The Balaban J connectivity index is 1.45. The fourth-order valence-electron chi connectivity index (χ4n) is 4.32. The number of aryl methyl sites for hydroxylation is 1. The number of aliphatic hydroxyl groups is 1. The van der Waals surface area contributed by atoms with Crippen molar-refractivity contribution < 1.29 is 9.90 Å². The summed E-state index contributed by atoms with van der Waals surface area (Å²) in [6, 6.07) is 24.2. The smallest absolute Gasteiger partial charge is 0.270 e. The molecule has 4 heteroatoms. The molecule has 4 rings (SSSR count). The van der Waals surface area contributed by atoms with Crippen LogP contribution in [0, 0.1) is 5.41 Å². The van der Waals surface area contributed by atoms with Crippen molar-refractivity contribution in [3.63, 3.8) is 0 Å². The first kappa shape index (κ1) is 19.5. The minimum atomic E-state index is -0.224. The molecule has 1 aliphatic rings. The summed E-state index contributed by atoms with van der Waals surface area (Å²) in [5.74, 6) is 0.0180. The topological polar surface area (TPSA) is 56.3 Å². The van der Waals surface area contributed by atoms with Crippen LogP contribution in [0.5, 0.6) is 0 Å². The van der Waals surface area contributed by atoms with Crippen LogP contribution in [0.15, 0.2) is 72.8 Å². The van der Waals surface area contributed by atoms with Crippen molar-refractivity contribution >= 4 is 5.91 Å². The Bertz CT molecular complexity index is 936. The number of nitrogens with zero attached hydrogens (tertiary/aromatic N) is 1. The molecule has 2 heterocycles. The zero-order valence-electron chi connectivity index (χ0n) is 16.7. The van der Waals surface area contributed by atoms with Gasteiger partial charge in [0.15, 0.2) is 0 Å². The maximum atomic E-state index is 13.1. The number of carbonyl (C=O) groups excluding carboxylic acids is 1. The minimum absolute atomic E-state index is 0.0180. The van der Waals surface area contributed by atoms with Gasteiger partial charge in [-0.05, 0) is 48.9 Å². The Hall–Kier alpha value is -2.85. The van der Waals surface area contributed by atoms with Gasteiger partial charge >= 0.3 is 0 Å². The third kappa shape index (κ3) is 4.43. The summed E-state index contributed by atoms with van der Waals surface area (Å²) in [7, 11) is 0. The summed E-state index contributed by atoms with van der Waals surface area (Å²) in [5, 5.41) is 10.2. The molecule has 1 amide bonds. The number of nitrogens with one attached hydrogen (secondary N) is 1. The van der Waals surface area contributed by atoms with E-state index in [9.17, 15) is 9.90 Å². The summed E-state index contributed by atoms with van der Waals surface area (Å²) in [6.07, 6.45) is 3.69. The highest BCUT2D eigenvalue weighted by molar-refractivity contribution is 5.93. The summed E-state index contributed by atoms with van der Waals surface area (Å²) in [6.45, 7) is 1.46. The van der Waals surface area contributed by atoms with Crippen LogP contribution in [-0.2, 0) is 6.42 Å². The van der Waals surface area contributed by atoms with Gasteiger partial charge in [0, 0.05) is 24.2 Å². The standard InChI is InChI=1S/C25H28N2O2/c28-19-25(16-14-20-8-3-1-4-9-20)15-7-17-27(18-25)24(29)23-13-12-22(26-23)21-10-5-2-6-11-21/h1-6,8-13,26,28H,7,14-19H2/t25-/m1/s1. The van der Waals surface area contributed by atoms with Crippen LogP contribution in [0.3, 0.4) is 0 Å². The van der Waals surface area contributed by atoms with Crippen LogP contribution in [0.1, 0.15) is 35.3 Å². The van der Waals surface area contributed by atoms with Crippen LogP contribution in [0.2, 0.25) is 0 Å². The van der Waals surface area contributed by atoms with Gasteiger partial charge in [0.05, 0.1) is 6.61 Å². The molecule has 2 N–H and O–H groups in total. The molecular formula is C25H28N2O2. The van der Waals surface area contributed by atoms with Gasteiger partial charge in [-0.15, -0.1) is 0 Å². The minimum Gasteiger partial charge on any atom is -0.396 e. The number of rotatable bonds is 6. The van der Waals surface area contributed by atoms with Gasteiger partial charge in [-0.2, -0.15) is 0 Å². The number of amides is 1. The van der Waals surface area contributed by atoms with Crippen molar-refractivity contribution in [3.05, 3.63) is 84.1 Å². The van der Waals surface area contributed by atoms with Crippen molar-refractivity contribution in [2.24, 2.45) is 5.41 Å². The van der Waals surface area contributed by atoms with Crippen LogP contribution in [-0.4, -0.2) is 40.6 Å². The van der Waals surface area contributed by atoms with E-state index in [2.05, 4.69) is 17.1 Å². The molecule has 0 unspecified atom stereocenters. The van der Waals surface area contributed by atoms with Crippen LogP contribution < -0.4 is 0 Å². The average molecular weight is 389 g/mol. The number of piperidine rings is 1. The Kier molecular flexibility index (Phi) is 5.81. The number of likely N-dealkylation sites (tertiary alicyclic amines) is 1. The van der Waals surface area contributed by atoms with Crippen molar-refractivity contribution in [1.29, 1.82) is 0 Å². The molecule has 0 radical (unpaired) electrons. The molecule has 1 saturated heterocycles. The highest BCUT2D eigenvalue weighted by Crippen LogP contribution is 2.35. The van der Waals surface area contributed by atoms with E-state index in [0.29, 0.717) is 12.2 Å². The molecule has 1 aliphatic heterocycles. The van der Waals surface area contributed by atoms with E-state index in [1.54, 1.807) is 0 Å². The van der Waals surface area contributed by atoms with Crippen LogP contribution >= 0.6 is 0 Å². The van der Waals surface area contributed by atoms with Crippen LogP contribution in [0.25, 0.3) is 11.3 Å². The number of benzene rings is 2. The summed E-state index contributed by atoms with van der Waals surface area (Å²) in [4.78, 5) is 18.3. The molecule has 3 aromatic rings. The number of hydrogen-bond acceptors (Lipinski definition) is 2. The molecule has 0 saturated carbocycles. The van der Waals surface area contributed by atoms with E-state index in [1.807, 2.05) is 65.6 Å². The van der Waals surface area contributed by atoms with Crippen molar-refractivity contribution in [3.8, 4) is 11.3 Å². The fraction of sp³-hybridized carbons (Fsp3) is 0.320. The molecule has 29 heavy (non-hydrogen) atoms. The van der Waals surface area contributed by atoms with Crippen molar-refractivity contribution in [2.45, 2.75) is 25.7 Å². The van der Waals surface area contributed by atoms with Gasteiger partial charge in [0.25, 0.3) is 5.91 Å². The zero-order chi connectivity index (χ0) is 20.1. The maximum absolute atomic E-state index is 13.1. The Labute approximate surface area is 172 Å². The van der Waals surface area contributed by atoms with Gasteiger partial charge in [-0.3, -0.25) is 4.79 Å². The summed E-state index contributed by atoms with van der Waals surface area (Å²) >= 11 is 0. The number of aromatic nitrogens is 1. The molecule has 1 aromatic heterocycles. The second-order valence-corrected chi connectivity index (χ2v) is 8.13. The average Bonchev–Trinajstić information content (AvgIpc) is 3.29. The van der Waals surface area contributed by atoms with Gasteiger partial charge in [-0.1, -0.05) is 60.7 Å². The molecule has 0 spiro atoms. The SMILES string of the molecule is O=C(c1ccc(-c2ccccc2)[nH]1)N1CCC[C@@](CO)(CCc2ccccc2)C1. The molecule has 2 aromatic carbocycles. The quantitative estimate of drug-likeness (QED) is 0.652. The van der Waals surface area contributed by atoms with Gasteiger partial charge in [0.2, 0.25) is 0 Å². The lowest BCUT2D eigenvalue weighted by Crippen LogP contribution is -2.48. The second-order valence-electron chi connectivity index (χ2n) is 8.13. The highest BCUT2D eigenvalue weighted by Gasteiger charge is 2.36. The van der Waals surface area contributed by atoms with E-state index in [-0.39, 0.29) is 17.9 Å². The summed E-state index contributed by atoms with van der Waals surface area (Å²) in [5.41, 5.74) is 3.68. The Morgan fingerprint density at radius 2 is 1.72 bits per heavy atom. The largest absolute Gasteiger partial charge is 0.396 e. The molecule has 150 valence electrons. The lowest BCUT2D eigenvalue weighted by atomic mass is 9.76. The van der Waals surface area contributed by atoms with E-state index in [1.165, 1.54) is 5.56 Å². The number of aromatic amines is 1. The fourth-order valence-corrected chi connectivity index (χ4v) is 4.32. The first-order valence-corrected chi connectivity index (χ1v) is 10.4. The molecule has 4 nitrogen and oxygen atoms in total. The number of carbonyl (C=O) groups is 1. The monoisotopic (exact) mass is 388 g/mol. The van der Waals surface area contributed by atoms with Gasteiger partial charge in [-0.25, -0.2) is 0 Å². The lowest BCUT2D eigenvalue weighted by molar-refractivity contribution is 0.0225. The van der Waals surface area contributed by atoms with Crippen molar-refractivity contribution in [2.75, 3.05) is 19.7 Å². The molecule has 0 bridgehead atoms. The normalized spacial score (nSPS) is 19.3. The predicted molar refractivity (Wildman–Crippen MR) is 116 cm³/mol. The van der Waals surface area contributed by atoms with E-state index >= 15 is 0 Å². The lowest BCUT2D eigenvalue weighted by Gasteiger charge is -2.42. The van der Waals surface area contributed by atoms with Gasteiger partial charge in [0.1, 0.15) is 5.69 Å². The predicted octanol–water partition coefficient (Wildman–Crippen LogP) is 4.53. The van der Waals surface area contributed by atoms with Crippen LogP contribution in [0.4, 0.5) is 0 Å². The molecule has 0 aliphatic carbocycles. The van der Waals surface area contributed by atoms with E-state index in [0.717, 1.165) is 43.5 Å². The number of H-pyrrole nitrogens is 1. The molecule has 1 atom stereocenters. The van der Waals surface area contributed by atoms with Gasteiger partial charge < -0.3 is 15.0 Å². The number of aliphatic hydroxyl groups excluding tert-OH is 1. The van der Waals surface area contributed by atoms with Crippen molar-refractivity contribution in [1.82, 2.24) is 9.88 Å². The summed E-state index contributed by atoms with van der Waals surface area (Å²) < 4.78 is 0. The zero-order valence-corrected chi connectivity index (χ0v) is 16.7. The third-order valence-corrected chi connectivity index (χ3v) is 6.07. The first-order chi connectivity index (χ1) is 14.2. The van der Waals surface area contributed by atoms with E-state index in [4.69, 9.17) is 0 Å². The number of hydrogen-bond donors (Lipinski definition) is 2. The van der Waals surface area contributed by atoms with E-state index < -0.39 is 0 Å². The highest BCUT2D eigenvalue weighted by atomic mass is 16.3. The Morgan fingerprint density at radius 1 is 1.00 bits per heavy atom. The molecule has 1 fully saturated rings. The Morgan fingerprint density at radius 3 is 2.45 bits per heavy atom. The molecular weight excluding hydrogens is 360 g/mol. The maximum Gasteiger partial charge on any atom is 0.270 e. The first-order valence-electron chi connectivity index (χ1n) is 10.4.